The van der Waals surface area contributed by atoms with E-state index in [1.807, 2.05) is 6.07 Å². The quantitative estimate of drug-likeness (QED) is 0.437. The predicted molar refractivity (Wildman–Crippen MR) is 113 cm³/mol. The molecule has 3 rings (SSSR count). The highest BCUT2D eigenvalue weighted by Crippen LogP contribution is 2.22. The minimum absolute atomic E-state index is 0.0371. The van der Waals surface area contributed by atoms with Crippen molar-refractivity contribution in [2.24, 2.45) is 0 Å². The Morgan fingerprint density at radius 2 is 1.97 bits per heavy atom. The number of ether oxygens (including phenoxy) is 2. The summed E-state index contributed by atoms with van der Waals surface area (Å²) in [5, 5.41) is 2.41. The lowest BCUT2D eigenvalue weighted by Crippen LogP contribution is -2.30. The van der Waals surface area contributed by atoms with Gasteiger partial charge in [0.15, 0.2) is 6.61 Å². The molecule has 0 radical (unpaired) electrons. The van der Waals surface area contributed by atoms with Crippen LogP contribution in [0.1, 0.15) is 15.6 Å². The molecule has 0 saturated heterocycles. The highest BCUT2D eigenvalue weighted by atomic mass is 35.5. The smallest absolute Gasteiger partial charge is 0.312 e. The number of thiazole rings is 1. The maximum Gasteiger partial charge on any atom is 0.312 e. The second kappa shape index (κ2) is 10.5. The summed E-state index contributed by atoms with van der Waals surface area (Å²) in [4.78, 5) is 30.9. The van der Waals surface area contributed by atoms with Crippen LogP contribution in [0.25, 0.3) is 0 Å². The Morgan fingerprint density at radius 1 is 1.20 bits per heavy atom. The minimum atomic E-state index is -0.535. The van der Waals surface area contributed by atoms with Gasteiger partial charge in [0.1, 0.15) is 23.2 Å². The summed E-state index contributed by atoms with van der Waals surface area (Å²) < 4.78 is 24.1. The molecule has 158 valence electrons. The van der Waals surface area contributed by atoms with Gasteiger partial charge in [-0.15, -0.1) is 22.7 Å². The fourth-order valence-corrected chi connectivity index (χ4v) is 4.23. The van der Waals surface area contributed by atoms with E-state index >= 15 is 0 Å². The molecule has 0 atom stereocenters. The first-order valence-electron chi connectivity index (χ1n) is 8.84. The van der Waals surface area contributed by atoms with Gasteiger partial charge >= 0.3 is 5.97 Å². The van der Waals surface area contributed by atoms with Gasteiger partial charge in [0.25, 0.3) is 5.91 Å². The number of carbonyl (C=O) groups excluding carboxylic acids is 2. The number of amides is 1. The molecule has 0 aliphatic rings. The average molecular weight is 469 g/mol. The lowest BCUT2D eigenvalue weighted by molar-refractivity contribution is -0.151. The monoisotopic (exact) mass is 468 g/mol. The van der Waals surface area contributed by atoms with Crippen molar-refractivity contribution in [3.8, 4) is 5.75 Å². The second-order valence-corrected chi connectivity index (χ2v) is 9.01. The van der Waals surface area contributed by atoms with Gasteiger partial charge in [0.2, 0.25) is 0 Å². The summed E-state index contributed by atoms with van der Waals surface area (Å²) in [7, 11) is 1.64. The number of hydrogen-bond acceptors (Lipinski definition) is 7. The fraction of sp³-hybridized carbons (Fsp3) is 0.250. The Kier molecular flexibility index (Phi) is 7.78. The Hall–Kier alpha value is -2.49. The third-order valence-electron chi connectivity index (χ3n) is 3.90. The van der Waals surface area contributed by atoms with Gasteiger partial charge < -0.3 is 14.4 Å². The van der Waals surface area contributed by atoms with Gasteiger partial charge in [-0.3, -0.25) is 9.59 Å². The number of benzene rings is 1. The molecule has 2 heterocycles. The average Bonchev–Trinajstić information content (AvgIpc) is 3.34. The molecule has 0 fully saturated rings. The van der Waals surface area contributed by atoms with Gasteiger partial charge in [-0.1, -0.05) is 11.6 Å². The summed E-state index contributed by atoms with van der Waals surface area (Å²) in [6.45, 7) is 0.276. The Labute approximate surface area is 185 Å². The van der Waals surface area contributed by atoms with Crippen LogP contribution in [0.2, 0.25) is 4.34 Å². The molecule has 30 heavy (non-hydrogen) atoms. The first-order valence-corrected chi connectivity index (χ1v) is 10.9. The van der Waals surface area contributed by atoms with E-state index in [9.17, 15) is 14.0 Å². The van der Waals surface area contributed by atoms with Crippen molar-refractivity contribution in [3.63, 3.8) is 0 Å². The number of thiophene rings is 1. The van der Waals surface area contributed by atoms with Crippen molar-refractivity contribution in [2.45, 2.75) is 19.6 Å². The summed E-state index contributed by atoms with van der Waals surface area (Å²) in [6, 6.07) is 9.31. The molecule has 0 bridgehead atoms. The van der Waals surface area contributed by atoms with Crippen LogP contribution in [0.5, 0.6) is 5.75 Å². The second-order valence-electron chi connectivity index (χ2n) is 6.27. The highest BCUT2D eigenvalue weighted by Gasteiger charge is 2.15. The van der Waals surface area contributed by atoms with E-state index in [0.717, 1.165) is 4.88 Å². The molecule has 1 aromatic carbocycles. The van der Waals surface area contributed by atoms with Crippen LogP contribution in [0.15, 0.2) is 41.8 Å². The largest absolute Gasteiger partial charge is 0.486 e. The van der Waals surface area contributed by atoms with Crippen LogP contribution in [-0.4, -0.2) is 35.4 Å². The van der Waals surface area contributed by atoms with Crippen molar-refractivity contribution in [1.82, 2.24) is 9.88 Å². The SMILES string of the molecule is CN(Cc1ccc(Cl)s1)C(=O)COC(=O)Cc1csc(COc2ccc(F)cc2)n1. The number of halogens is 2. The normalized spacial score (nSPS) is 10.6. The van der Waals surface area contributed by atoms with E-state index in [-0.39, 0.29) is 31.4 Å². The Balaban J connectivity index is 1.40. The van der Waals surface area contributed by atoms with Crippen LogP contribution in [0.4, 0.5) is 4.39 Å². The van der Waals surface area contributed by atoms with Crippen molar-refractivity contribution in [3.05, 3.63) is 67.5 Å². The molecule has 0 saturated carbocycles. The number of esters is 1. The molecule has 3 aromatic rings. The van der Waals surface area contributed by atoms with Crippen molar-refractivity contribution < 1.29 is 23.5 Å². The van der Waals surface area contributed by atoms with Gasteiger partial charge in [0, 0.05) is 17.3 Å². The van der Waals surface area contributed by atoms with E-state index in [0.29, 0.717) is 27.3 Å². The third-order valence-corrected chi connectivity index (χ3v) is 5.99. The molecular weight excluding hydrogens is 451 g/mol. The zero-order valence-corrected chi connectivity index (χ0v) is 18.4. The number of nitrogens with zero attached hydrogens (tertiary/aromatic N) is 2. The lowest BCUT2D eigenvalue weighted by Gasteiger charge is -2.16. The maximum absolute atomic E-state index is 12.9. The molecule has 0 unspecified atom stereocenters. The topological polar surface area (TPSA) is 68.7 Å². The molecule has 0 spiro atoms. The van der Waals surface area contributed by atoms with Gasteiger partial charge in [-0.05, 0) is 36.4 Å². The zero-order chi connectivity index (χ0) is 21.5. The molecule has 1 amide bonds. The molecular formula is C20H18ClFN2O4S2. The number of rotatable bonds is 9. The molecule has 10 heteroatoms. The fourth-order valence-electron chi connectivity index (χ4n) is 2.38. The van der Waals surface area contributed by atoms with Crippen LogP contribution < -0.4 is 4.74 Å². The van der Waals surface area contributed by atoms with E-state index in [2.05, 4.69) is 4.98 Å². The van der Waals surface area contributed by atoms with E-state index in [4.69, 9.17) is 21.1 Å². The Morgan fingerprint density at radius 3 is 2.67 bits per heavy atom. The van der Waals surface area contributed by atoms with Crippen LogP contribution in [-0.2, 0) is 33.9 Å². The summed E-state index contributed by atoms with van der Waals surface area (Å²) >= 11 is 8.62. The van der Waals surface area contributed by atoms with Gasteiger partial charge in [-0.25, -0.2) is 9.37 Å². The number of aromatic nitrogens is 1. The third kappa shape index (κ3) is 6.79. The molecule has 0 aliphatic heterocycles. The van der Waals surface area contributed by atoms with E-state index in [1.54, 1.807) is 18.5 Å². The number of carbonyl (C=O) groups is 2. The standard InChI is InChI=1S/C20H18ClFN2O4S2/c1-24(9-16-6-7-17(21)30-16)19(25)11-28-20(26)8-14-12-29-18(23-14)10-27-15-4-2-13(22)3-5-15/h2-7,12H,8-11H2,1H3. The van der Waals surface area contributed by atoms with Crippen LogP contribution in [0.3, 0.4) is 0 Å². The number of hydrogen-bond donors (Lipinski definition) is 0. The predicted octanol–water partition coefficient (Wildman–Crippen LogP) is 4.32. The van der Waals surface area contributed by atoms with Crippen molar-refractivity contribution >= 4 is 46.2 Å². The van der Waals surface area contributed by atoms with Crippen molar-refractivity contribution in [2.75, 3.05) is 13.7 Å². The molecule has 0 aliphatic carbocycles. The van der Waals surface area contributed by atoms with Gasteiger partial charge in [-0.2, -0.15) is 0 Å². The summed E-state index contributed by atoms with van der Waals surface area (Å²) in [6.07, 6.45) is -0.0371. The lowest BCUT2D eigenvalue weighted by atomic mass is 10.3. The summed E-state index contributed by atoms with van der Waals surface area (Å²) in [5.74, 6) is -0.648. The zero-order valence-electron chi connectivity index (χ0n) is 16.0. The first-order chi connectivity index (χ1) is 14.4. The highest BCUT2D eigenvalue weighted by molar-refractivity contribution is 7.16. The van der Waals surface area contributed by atoms with Crippen LogP contribution >= 0.6 is 34.3 Å². The Bertz CT molecular complexity index is 1010. The molecule has 0 N–H and O–H groups in total. The van der Waals surface area contributed by atoms with Crippen molar-refractivity contribution in [1.29, 1.82) is 0 Å². The minimum Gasteiger partial charge on any atom is -0.486 e. The number of likely N-dealkylation sites (N-methyl/N-ethyl adjacent to an activating group) is 1. The molecule has 2 aromatic heterocycles. The van der Waals surface area contributed by atoms with E-state index < -0.39 is 5.97 Å². The summed E-state index contributed by atoms with van der Waals surface area (Å²) in [5.41, 5.74) is 0.539. The first kappa shape index (κ1) is 22.2. The van der Waals surface area contributed by atoms with E-state index in [1.165, 1.54) is 51.8 Å². The van der Waals surface area contributed by atoms with Crippen LogP contribution in [0, 0.1) is 5.82 Å². The van der Waals surface area contributed by atoms with Gasteiger partial charge in [0.05, 0.1) is 23.0 Å². The maximum atomic E-state index is 12.9. The molecule has 6 nitrogen and oxygen atoms in total.